The van der Waals surface area contributed by atoms with Gasteiger partial charge in [-0.3, -0.25) is 9.59 Å². The molecule has 0 bridgehead atoms. The predicted octanol–water partition coefficient (Wildman–Crippen LogP) is 3.86. The van der Waals surface area contributed by atoms with Crippen molar-refractivity contribution in [3.63, 3.8) is 0 Å². The van der Waals surface area contributed by atoms with Gasteiger partial charge in [-0.05, 0) is 67.6 Å². The van der Waals surface area contributed by atoms with E-state index < -0.39 is 5.60 Å². The molecule has 3 nitrogen and oxygen atoms in total. The lowest BCUT2D eigenvalue weighted by Gasteiger charge is -2.19. The third kappa shape index (κ3) is 4.41. The monoisotopic (exact) mass is 318 g/mol. The fraction of sp³-hybridized carbons (Fsp3) is 0.700. The van der Waals surface area contributed by atoms with Crippen LogP contribution < -0.4 is 0 Å². The van der Waals surface area contributed by atoms with E-state index in [0.717, 1.165) is 18.4 Å². The molecule has 0 radical (unpaired) electrons. The highest BCUT2D eigenvalue weighted by atomic mass is 16.3. The molecule has 0 aromatic heterocycles. The fourth-order valence-corrected chi connectivity index (χ4v) is 3.89. The molecule has 2 rings (SSSR count). The number of allylic oxidation sites excluding steroid dienone is 3. The number of carbonyl (C=O) groups is 2. The van der Waals surface area contributed by atoms with Crippen molar-refractivity contribution < 1.29 is 14.7 Å². The molecule has 128 valence electrons. The average Bonchev–Trinajstić information content (AvgIpc) is 2.92. The molecule has 0 unspecified atom stereocenters. The van der Waals surface area contributed by atoms with Crippen LogP contribution >= 0.6 is 0 Å². The van der Waals surface area contributed by atoms with Crippen molar-refractivity contribution >= 4 is 11.6 Å². The Morgan fingerprint density at radius 1 is 1.17 bits per heavy atom. The second-order valence-electron chi connectivity index (χ2n) is 8.46. The van der Waals surface area contributed by atoms with Crippen molar-refractivity contribution in [2.45, 2.75) is 65.9 Å². The summed E-state index contributed by atoms with van der Waals surface area (Å²) in [5, 5.41) is 10.3. The molecular formula is C20H30O3. The Labute approximate surface area is 139 Å². The second kappa shape index (κ2) is 6.35. The van der Waals surface area contributed by atoms with Crippen molar-refractivity contribution in [1.82, 2.24) is 0 Å². The number of aliphatic hydroxyl groups is 1. The summed E-state index contributed by atoms with van der Waals surface area (Å²) in [5.41, 5.74) is -0.284. The highest BCUT2D eigenvalue weighted by Crippen LogP contribution is 2.61. The van der Waals surface area contributed by atoms with Gasteiger partial charge in [0.05, 0.1) is 5.60 Å². The highest BCUT2D eigenvalue weighted by Gasteiger charge is 2.55. The Morgan fingerprint density at radius 2 is 1.83 bits per heavy atom. The minimum absolute atomic E-state index is 0.0653. The number of rotatable bonds is 0. The molecule has 0 spiro atoms. The van der Waals surface area contributed by atoms with Gasteiger partial charge in [-0.15, -0.1) is 0 Å². The molecule has 0 heterocycles. The zero-order chi connectivity index (χ0) is 17.4. The van der Waals surface area contributed by atoms with Crippen LogP contribution in [0.5, 0.6) is 0 Å². The van der Waals surface area contributed by atoms with Gasteiger partial charge in [0.15, 0.2) is 5.78 Å². The quantitative estimate of drug-likeness (QED) is 0.738. The summed E-state index contributed by atoms with van der Waals surface area (Å²) in [6.07, 6.45) is 7.68. The molecule has 1 saturated carbocycles. The summed E-state index contributed by atoms with van der Waals surface area (Å²) in [7, 11) is 0. The molecule has 2 aliphatic carbocycles. The van der Waals surface area contributed by atoms with Gasteiger partial charge in [0.2, 0.25) is 0 Å². The Morgan fingerprint density at radius 3 is 2.48 bits per heavy atom. The first-order valence-corrected chi connectivity index (χ1v) is 8.69. The van der Waals surface area contributed by atoms with Crippen molar-refractivity contribution in [2.75, 3.05) is 0 Å². The van der Waals surface area contributed by atoms with Crippen molar-refractivity contribution in [2.24, 2.45) is 23.2 Å². The van der Waals surface area contributed by atoms with Gasteiger partial charge in [0.1, 0.15) is 5.78 Å². The molecule has 0 aliphatic heterocycles. The summed E-state index contributed by atoms with van der Waals surface area (Å²) in [6, 6.07) is 0. The van der Waals surface area contributed by atoms with Crippen LogP contribution in [0.4, 0.5) is 0 Å². The van der Waals surface area contributed by atoms with Crippen LogP contribution in [0.2, 0.25) is 0 Å². The van der Waals surface area contributed by atoms with Gasteiger partial charge in [-0.25, -0.2) is 0 Å². The maximum absolute atomic E-state index is 12.2. The molecule has 1 N–H and O–H groups in total. The predicted molar refractivity (Wildman–Crippen MR) is 91.9 cm³/mol. The fourth-order valence-electron chi connectivity index (χ4n) is 3.89. The Balaban J connectivity index is 2.24. The van der Waals surface area contributed by atoms with E-state index in [1.807, 2.05) is 6.92 Å². The summed E-state index contributed by atoms with van der Waals surface area (Å²) in [5.74, 6) is 1.36. The van der Waals surface area contributed by atoms with E-state index in [-0.39, 0.29) is 23.4 Å². The van der Waals surface area contributed by atoms with E-state index in [0.29, 0.717) is 24.2 Å². The standard InChI is InChI=1S/C20H30O3/c1-13-6-7-16-17(19(16,3)4)11-14(2)18(22)8-9-20(5,23)12-15(21)10-13/h8-9,11,13,16-17,23H,6-7,10,12H2,1-5H3/b9-8+,14-11+/t13-,16+,17-,20+/m1/s1. The zero-order valence-electron chi connectivity index (χ0n) is 15.1. The summed E-state index contributed by atoms with van der Waals surface area (Å²) in [4.78, 5) is 24.4. The summed E-state index contributed by atoms with van der Waals surface area (Å²) < 4.78 is 0. The smallest absolute Gasteiger partial charge is 0.181 e. The normalized spacial score (nSPS) is 42.2. The lowest BCUT2D eigenvalue weighted by molar-refractivity contribution is -0.123. The first-order chi connectivity index (χ1) is 10.5. The van der Waals surface area contributed by atoms with Gasteiger partial charge in [0, 0.05) is 12.8 Å². The number of hydrogen-bond acceptors (Lipinski definition) is 3. The Kier molecular flexibility index (Phi) is 5.00. The lowest BCUT2D eigenvalue weighted by atomic mass is 9.90. The lowest BCUT2D eigenvalue weighted by Crippen LogP contribution is -2.26. The third-order valence-corrected chi connectivity index (χ3v) is 5.65. The first-order valence-electron chi connectivity index (χ1n) is 8.69. The minimum atomic E-state index is -1.25. The minimum Gasteiger partial charge on any atom is -0.386 e. The maximum atomic E-state index is 12.2. The van der Waals surface area contributed by atoms with E-state index in [4.69, 9.17) is 0 Å². The average molecular weight is 318 g/mol. The zero-order valence-corrected chi connectivity index (χ0v) is 15.1. The molecule has 4 atom stereocenters. The number of fused-ring (bicyclic) bond motifs is 1. The van der Waals surface area contributed by atoms with E-state index in [1.165, 1.54) is 12.2 Å². The van der Waals surface area contributed by atoms with Gasteiger partial charge in [-0.2, -0.15) is 0 Å². The Hall–Kier alpha value is -1.22. The van der Waals surface area contributed by atoms with Crippen LogP contribution in [0, 0.1) is 23.2 Å². The largest absolute Gasteiger partial charge is 0.386 e. The summed E-state index contributed by atoms with van der Waals surface area (Å²) in [6.45, 7) is 10.1. The van der Waals surface area contributed by atoms with Gasteiger partial charge in [0.25, 0.3) is 0 Å². The van der Waals surface area contributed by atoms with Gasteiger partial charge in [-0.1, -0.05) is 26.8 Å². The molecule has 0 aromatic rings. The summed E-state index contributed by atoms with van der Waals surface area (Å²) >= 11 is 0. The van der Waals surface area contributed by atoms with Crippen LogP contribution in [-0.4, -0.2) is 22.3 Å². The third-order valence-electron chi connectivity index (χ3n) is 5.65. The molecule has 23 heavy (non-hydrogen) atoms. The van der Waals surface area contributed by atoms with E-state index in [9.17, 15) is 14.7 Å². The molecule has 0 saturated heterocycles. The van der Waals surface area contributed by atoms with Crippen molar-refractivity contribution in [3.8, 4) is 0 Å². The van der Waals surface area contributed by atoms with Crippen molar-refractivity contribution in [3.05, 3.63) is 23.8 Å². The van der Waals surface area contributed by atoms with Crippen LogP contribution in [-0.2, 0) is 9.59 Å². The number of ketones is 2. The van der Waals surface area contributed by atoms with E-state index >= 15 is 0 Å². The van der Waals surface area contributed by atoms with Crippen LogP contribution in [0.15, 0.2) is 23.8 Å². The first kappa shape index (κ1) is 18.1. The molecule has 1 fully saturated rings. The van der Waals surface area contributed by atoms with Crippen molar-refractivity contribution in [1.29, 1.82) is 0 Å². The van der Waals surface area contributed by atoms with Gasteiger partial charge < -0.3 is 5.11 Å². The highest BCUT2D eigenvalue weighted by molar-refractivity contribution is 6.03. The van der Waals surface area contributed by atoms with E-state index in [2.05, 4.69) is 26.8 Å². The molecule has 2 aliphatic rings. The second-order valence-corrected chi connectivity index (χ2v) is 8.46. The topological polar surface area (TPSA) is 54.4 Å². The SMILES string of the molecule is C/C1=C\[C@@H]2[C@H](CC[C@@H](C)CC(=O)C[C@@](C)(O)/C=C/C1=O)C2(C)C. The van der Waals surface area contributed by atoms with Crippen LogP contribution in [0.1, 0.15) is 60.3 Å². The number of Topliss-reactive ketones (excluding diaryl/α,β-unsaturated/α-hetero) is 1. The molecular weight excluding hydrogens is 288 g/mol. The van der Waals surface area contributed by atoms with Crippen LogP contribution in [0.3, 0.4) is 0 Å². The number of hydrogen-bond donors (Lipinski definition) is 1. The van der Waals surface area contributed by atoms with E-state index in [1.54, 1.807) is 6.92 Å². The maximum Gasteiger partial charge on any atom is 0.181 e. The Bertz CT molecular complexity index is 551. The van der Waals surface area contributed by atoms with Crippen LogP contribution in [0.25, 0.3) is 0 Å². The molecule has 0 amide bonds. The number of carbonyl (C=O) groups excluding carboxylic acids is 2. The molecule has 0 aromatic carbocycles. The van der Waals surface area contributed by atoms with Gasteiger partial charge >= 0.3 is 0 Å². The molecule has 3 heteroatoms.